The molecule has 3 heteroatoms. The second kappa shape index (κ2) is 4.09. The van der Waals surface area contributed by atoms with E-state index in [0.717, 1.165) is 5.56 Å². The van der Waals surface area contributed by atoms with Crippen LogP contribution in [0.3, 0.4) is 0 Å². The van der Waals surface area contributed by atoms with E-state index in [1.807, 2.05) is 30.3 Å². The number of rotatable bonds is 2. The van der Waals surface area contributed by atoms with Gasteiger partial charge in [-0.25, -0.2) is 0 Å². The van der Waals surface area contributed by atoms with Crippen molar-refractivity contribution in [1.82, 2.24) is 0 Å². The first-order chi connectivity index (χ1) is 6.40. The lowest BCUT2D eigenvalue weighted by Gasteiger charge is -2.09. The van der Waals surface area contributed by atoms with E-state index in [0.29, 0.717) is 12.5 Å². The van der Waals surface area contributed by atoms with E-state index in [1.54, 1.807) is 0 Å². The fourth-order valence-corrected chi connectivity index (χ4v) is 1.48. The van der Waals surface area contributed by atoms with Crippen molar-refractivity contribution in [2.24, 2.45) is 0 Å². The molecule has 1 heterocycles. The van der Waals surface area contributed by atoms with Crippen molar-refractivity contribution in [2.45, 2.75) is 12.4 Å². The molecule has 1 aliphatic heterocycles. The molecular formula is C10H11ClO2. The zero-order valence-electron chi connectivity index (χ0n) is 7.15. The van der Waals surface area contributed by atoms with Gasteiger partial charge in [-0.05, 0) is 0 Å². The van der Waals surface area contributed by atoms with Crippen molar-refractivity contribution >= 4 is 11.6 Å². The first kappa shape index (κ1) is 9.00. The van der Waals surface area contributed by atoms with Crippen LogP contribution in [0.1, 0.15) is 11.9 Å². The fraction of sp³-hybridized carbons (Fsp3) is 0.400. The molecule has 2 rings (SSSR count). The summed E-state index contributed by atoms with van der Waals surface area (Å²) < 4.78 is 11.0. The summed E-state index contributed by atoms with van der Waals surface area (Å²) in [6.07, 6.45) is -0.197. The third kappa shape index (κ3) is 2.02. The number of alkyl halides is 1. The van der Waals surface area contributed by atoms with Crippen LogP contribution >= 0.6 is 11.6 Å². The number of halogens is 1. The molecule has 0 unspecified atom stereocenters. The molecule has 0 aromatic heterocycles. The van der Waals surface area contributed by atoms with Crippen molar-refractivity contribution in [3.05, 3.63) is 35.9 Å². The second-order valence-electron chi connectivity index (χ2n) is 2.99. The Kier molecular flexibility index (Phi) is 2.83. The van der Waals surface area contributed by atoms with Crippen LogP contribution in [0.15, 0.2) is 30.3 Å². The first-order valence-corrected chi connectivity index (χ1v) is 4.81. The van der Waals surface area contributed by atoms with Crippen LogP contribution in [-0.2, 0) is 9.47 Å². The number of benzene rings is 1. The average Bonchev–Trinajstić information content (AvgIpc) is 2.67. The molecule has 13 heavy (non-hydrogen) atoms. The maximum Gasteiger partial charge on any atom is 0.184 e. The Morgan fingerprint density at radius 1 is 1.31 bits per heavy atom. The van der Waals surface area contributed by atoms with Crippen molar-refractivity contribution in [3.63, 3.8) is 0 Å². The smallest absolute Gasteiger partial charge is 0.184 e. The predicted molar refractivity (Wildman–Crippen MR) is 50.7 cm³/mol. The highest BCUT2D eigenvalue weighted by Gasteiger charge is 2.26. The van der Waals surface area contributed by atoms with E-state index in [1.165, 1.54) is 0 Å². The largest absolute Gasteiger partial charge is 0.346 e. The van der Waals surface area contributed by atoms with Crippen molar-refractivity contribution in [2.75, 3.05) is 12.5 Å². The van der Waals surface area contributed by atoms with E-state index < -0.39 is 0 Å². The van der Waals surface area contributed by atoms with Crippen molar-refractivity contribution < 1.29 is 9.47 Å². The zero-order valence-corrected chi connectivity index (χ0v) is 7.91. The van der Waals surface area contributed by atoms with Gasteiger partial charge in [0.05, 0.1) is 18.6 Å². The van der Waals surface area contributed by atoms with Crippen LogP contribution in [0.2, 0.25) is 0 Å². The molecule has 0 spiro atoms. The lowest BCUT2D eigenvalue weighted by molar-refractivity contribution is -0.0567. The molecule has 0 bridgehead atoms. The van der Waals surface area contributed by atoms with Gasteiger partial charge in [-0.3, -0.25) is 0 Å². The maximum absolute atomic E-state index is 5.66. The van der Waals surface area contributed by atoms with Crippen molar-refractivity contribution in [1.29, 1.82) is 0 Å². The van der Waals surface area contributed by atoms with Gasteiger partial charge in [0.25, 0.3) is 0 Å². The zero-order chi connectivity index (χ0) is 9.10. The van der Waals surface area contributed by atoms with Gasteiger partial charge in [-0.1, -0.05) is 30.3 Å². The van der Waals surface area contributed by atoms with Crippen LogP contribution < -0.4 is 0 Å². The summed E-state index contributed by atoms with van der Waals surface area (Å²) in [5.74, 6) is 0.489. The molecule has 1 fully saturated rings. The minimum absolute atomic E-state index is 0.0341. The van der Waals surface area contributed by atoms with E-state index >= 15 is 0 Å². The molecule has 70 valence electrons. The lowest BCUT2D eigenvalue weighted by Crippen LogP contribution is -2.10. The highest BCUT2D eigenvalue weighted by Crippen LogP contribution is 2.26. The topological polar surface area (TPSA) is 18.5 Å². The molecule has 0 N–H and O–H groups in total. The molecule has 2 nitrogen and oxygen atoms in total. The van der Waals surface area contributed by atoms with Crippen LogP contribution in [0.4, 0.5) is 0 Å². The molecule has 0 radical (unpaired) electrons. The number of hydrogen-bond acceptors (Lipinski definition) is 2. The van der Waals surface area contributed by atoms with Gasteiger partial charge in [0.2, 0.25) is 0 Å². The molecule has 2 atom stereocenters. The molecule has 1 aromatic rings. The summed E-state index contributed by atoms with van der Waals surface area (Å²) >= 11 is 5.66. The quantitative estimate of drug-likeness (QED) is 0.680. The number of hydrogen-bond donors (Lipinski definition) is 0. The molecule has 1 aromatic carbocycles. The van der Waals surface area contributed by atoms with Gasteiger partial charge >= 0.3 is 0 Å². The summed E-state index contributed by atoms with van der Waals surface area (Å²) in [7, 11) is 0. The minimum Gasteiger partial charge on any atom is -0.346 e. The van der Waals surface area contributed by atoms with Gasteiger partial charge in [0, 0.05) is 5.56 Å². The Balaban J connectivity index is 2.04. The SMILES string of the molecule is ClC[C@@H]1CO[C@@H](c2ccccc2)O1. The van der Waals surface area contributed by atoms with Crippen LogP contribution in [0.25, 0.3) is 0 Å². The molecule has 1 saturated heterocycles. The van der Waals surface area contributed by atoms with Crippen LogP contribution in [0, 0.1) is 0 Å². The summed E-state index contributed by atoms with van der Waals surface area (Å²) in [5.41, 5.74) is 1.05. The standard InChI is InChI=1S/C10H11ClO2/c11-6-9-7-12-10(13-9)8-4-2-1-3-5-8/h1-5,9-10H,6-7H2/t9-,10-/m1/s1. The fourth-order valence-electron chi connectivity index (χ4n) is 1.31. The van der Waals surface area contributed by atoms with Gasteiger partial charge in [0.15, 0.2) is 6.29 Å². The van der Waals surface area contributed by atoms with E-state index in [4.69, 9.17) is 21.1 Å². The predicted octanol–water partition coefficient (Wildman–Crippen LogP) is 2.34. The van der Waals surface area contributed by atoms with Crippen LogP contribution in [-0.4, -0.2) is 18.6 Å². The first-order valence-electron chi connectivity index (χ1n) is 4.28. The summed E-state index contributed by atoms with van der Waals surface area (Å²) in [6, 6.07) is 9.88. The average molecular weight is 199 g/mol. The Morgan fingerprint density at radius 3 is 2.69 bits per heavy atom. The maximum atomic E-state index is 5.66. The van der Waals surface area contributed by atoms with E-state index in [9.17, 15) is 0 Å². The molecular weight excluding hydrogens is 188 g/mol. The van der Waals surface area contributed by atoms with Gasteiger partial charge in [-0.15, -0.1) is 11.6 Å². The van der Waals surface area contributed by atoms with Gasteiger partial charge in [-0.2, -0.15) is 0 Å². The van der Waals surface area contributed by atoms with Gasteiger partial charge < -0.3 is 9.47 Å². The Bertz CT molecular complexity index is 263. The Hall–Kier alpha value is -0.570. The highest BCUT2D eigenvalue weighted by molar-refractivity contribution is 6.18. The molecule has 1 aliphatic rings. The summed E-state index contributed by atoms with van der Waals surface area (Å²) in [6.45, 7) is 0.586. The molecule has 0 aliphatic carbocycles. The highest BCUT2D eigenvalue weighted by atomic mass is 35.5. The van der Waals surface area contributed by atoms with E-state index in [-0.39, 0.29) is 12.4 Å². The second-order valence-corrected chi connectivity index (χ2v) is 3.30. The summed E-state index contributed by atoms with van der Waals surface area (Å²) in [5, 5.41) is 0. The monoisotopic (exact) mass is 198 g/mol. The van der Waals surface area contributed by atoms with Crippen molar-refractivity contribution in [3.8, 4) is 0 Å². The van der Waals surface area contributed by atoms with Crippen LogP contribution in [0.5, 0.6) is 0 Å². The van der Waals surface area contributed by atoms with E-state index in [2.05, 4.69) is 0 Å². The molecule has 0 saturated carbocycles. The third-order valence-corrected chi connectivity index (χ3v) is 2.34. The van der Waals surface area contributed by atoms with Gasteiger partial charge in [0.1, 0.15) is 0 Å². The summed E-state index contributed by atoms with van der Waals surface area (Å²) in [4.78, 5) is 0. The molecule has 0 amide bonds. The number of ether oxygens (including phenoxy) is 2. The normalized spacial score (nSPS) is 27.8. The lowest BCUT2D eigenvalue weighted by atomic mass is 10.2. The minimum atomic E-state index is -0.232. The third-order valence-electron chi connectivity index (χ3n) is 1.99. The Labute approximate surface area is 82.4 Å². The Morgan fingerprint density at radius 2 is 2.08 bits per heavy atom.